The van der Waals surface area contributed by atoms with Gasteiger partial charge in [-0.05, 0) is 13.8 Å². The van der Waals surface area contributed by atoms with Crippen molar-refractivity contribution in [2.45, 2.75) is 67.7 Å². The highest BCUT2D eigenvalue weighted by Gasteiger charge is 2.12. The molecular weight excluding hydrogens is 490 g/mol. The van der Waals surface area contributed by atoms with Gasteiger partial charge in [-0.2, -0.15) is 0 Å². The fourth-order valence-electron chi connectivity index (χ4n) is 2.24. The van der Waals surface area contributed by atoms with Crippen molar-refractivity contribution in [2.75, 3.05) is 14.2 Å². The summed E-state index contributed by atoms with van der Waals surface area (Å²) in [6.45, 7) is 11.7. The van der Waals surface area contributed by atoms with Gasteiger partial charge < -0.3 is 29.1 Å². The molecule has 0 radical (unpaired) electrons. The molecule has 2 aromatic heterocycles. The number of aryl methyl sites for hydroxylation is 4. The third-order valence-electron chi connectivity index (χ3n) is 4.05. The van der Waals surface area contributed by atoms with Gasteiger partial charge in [0.05, 0.1) is 38.4 Å². The van der Waals surface area contributed by atoms with E-state index in [0.717, 1.165) is 0 Å². The molecule has 1 amide bonds. The molecule has 13 heteroatoms. The summed E-state index contributed by atoms with van der Waals surface area (Å²) >= 11 is 0. The smallest absolute Gasteiger partial charge is 0.313 e. The lowest BCUT2D eigenvalue weighted by atomic mass is 10.1. The zero-order valence-electron chi connectivity index (χ0n) is 22.8. The Bertz CT molecular complexity index is 1030. The second-order valence-corrected chi connectivity index (χ2v) is 7.78. The van der Waals surface area contributed by atoms with Crippen LogP contribution in [0.1, 0.15) is 61.9 Å². The minimum absolute atomic E-state index is 0.0663. The number of aliphatic carboxylic acids is 1. The molecule has 0 aliphatic carbocycles. The Morgan fingerprint density at radius 3 is 1.49 bits per heavy atom. The van der Waals surface area contributed by atoms with Crippen LogP contribution in [0.5, 0.6) is 0 Å². The molecule has 2 rings (SSSR count). The average molecular weight is 528 g/mol. The van der Waals surface area contributed by atoms with Crippen molar-refractivity contribution < 1.29 is 47.4 Å². The average Bonchev–Trinajstić information content (AvgIpc) is 3.26. The quantitative estimate of drug-likeness (QED) is 0.393. The van der Waals surface area contributed by atoms with Gasteiger partial charge in [-0.25, -0.2) is 9.97 Å². The number of rotatable bonds is 7. The maximum absolute atomic E-state index is 10.8. The van der Waals surface area contributed by atoms with Crippen molar-refractivity contribution in [3.63, 3.8) is 0 Å². The first-order valence-electron chi connectivity index (χ1n) is 11.0. The molecule has 0 saturated carbocycles. The number of nitrogens with zero attached hydrogens (tertiary/aromatic N) is 2. The van der Waals surface area contributed by atoms with Crippen LogP contribution in [-0.2, 0) is 46.3 Å². The largest absolute Gasteiger partial charge is 0.481 e. The number of ether oxygens (including phenoxy) is 2. The SMILES string of the molecule is CC(N)=O.COC(=O)CC(=O)C(C)C.COC(=O)Cc1nc(C)oc1C.Cc1nc(CC(=O)O)c(C)o1. The summed E-state index contributed by atoms with van der Waals surface area (Å²) in [5, 5.41) is 8.42. The number of hydrogen-bond donors (Lipinski definition) is 2. The Labute approximate surface area is 215 Å². The number of oxazole rings is 2. The van der Waals surface area contributed by atoms with Crippen molar-refractivity contribution in [2.24, 2.45) is 11.7 Å². The molecule has 0 unspecified atom stereocenters. The van der Waals surface area contributed by atoms with E-state index in [0.29, 0.717) is 34.7 Å². The van der Waals surface area contributed by atoms with Gasteiger partial charge in [-0.3, -0.25) is 24.0 Å². The van der Waals surface area contributed by atoms with E-state index in [-0.39, 0.29) is 42.8 Å². The van der Waals surface area contributed by atoms with Crippen molar-refractivity contribution in [1.29, 1.82) is 0 Å². The highest BCUT2D eigenvalue weighted by Crippen LogP contribution is 2.10. The topological polar surface area (TPSA) is 202 Å². The number of carboxylic acid groups (broad SMARTS) is 1. The van der Waals surface area contributed by atoms with Crippen LogP contribution < -0.4 is 5.73 Å². The molecule has 3 N–H and O–H groups in total. The summed E-state index contributed by atoms with van der Waals surface area (Å²) in [6.07, 6.45) is 0.0109. The first kappa shape index (κ1) is 35.1. The Balaban J connectivity index is 0. The maximum Gasteiger partial charge on any atom is 0.313 e. The van der Waals surface area contributed by atoms with Crippen LogP contribution in [0.4, 0.5) is 0 Å². The molecule has 0 fully saturated rings. The molecule has 0 spiro atoms. The van der Waals surface area contributed by atoms with Gasteiger partial charge >= 0.3 is 17.9 Å². The monoisotopic (exact) mass is 527 g/mol. The van der Waals surface area contributed by atoms with Crippen molar-refractivity contribution in [1.82, 2.24) is 9.97 Å². The fourth-order valence-corrected chi connectivity index (χ4v) is 2.24. The first-order valence-corrected chi connectivity index (χ1v) is 11.0. The normalized spacial score (nSPS) is 9.46. The van der Waals surface area contributed by atoms with E-state index >= 15 is 0 Å². The van der Waals surface area contributed by atoms with Gasteiger partial charge in [0.1, 0.15) is 23.7 Å². The third kappa shape index (κ3) is 18.0. The first-order chi connectivity index (χ1) is 17.0. The second-order valence-electron chi connectivity index (χ2n) is 7.78. The number of amides is 1. The summed E-state index contributed by atoms with van der Waals surface area (Å²) in [5.41, 5.74) is 5.63. The highest BCUT2D eigenvalue weighted by molar-refractivity contribution is 5.96. The van der Waals surface area contributed by atoms with E-state index in [1.54, 1.807) is 41.5 Å². The van der Waals surface area contributed by atoms with Crippen LogP contribution in [0.2, 0.25) is 0 Å². The highest BCUT2D eigenvalue weighted by atomic mass is 16.5. The molecule has 2 aromatic rings. The van der Waals surface area contributed by atoms with Crippen molar-refractivity contribution >= 4 is 29.6 Å². The summed E-state index contributed by atoms with van der Waals surface area (Å²) < 4.78 is 19.0. The van der Waals surface area contributed by atoms with Crippen LogP contribution in [0.25, 0.3) is 0 Å². The van der Waals surface area contributed by atoms with Gasteiger partial charge in [0, 0.05) is 26.7 Å². The molecule has 0 aromatic carbocycles. The van der Waals surface area contributed by atoms with Gasteiger partial charge in [-0.15, -0.1) is 0 Å². The number of nitrogens with two attached hydrogens (primary N) is 1. The number of esters is 2. The van der Waals surface area contributed by atoms with Crippen LogP contribution in [0.15, 0.2) is 8.83 Å². The predicted molar refractivity (Wildman–Crippen MR) is 130 cm³/mol. The van der Waals surface area contributed by atoms with Gasteiger partial charge in [0.25, 0.3) is 0 Å². The number of methoxy groups -OCH3 is 2. The van der Waals surface area contributed by atoms with E-state index < -0.39 is 11.9 Å². The van der Waals surface area contributed by atoms with E-state index in [1.165, 1.54) is 21.1 Å². The number of Topliss-reactive ketones (excluding diaryl/α,β-unsaturated/α-hetero) is 1. The third-order valence-corrected chi connectivity index (χ3v) is 4.05. The van der Waals surface area contributed by atoms with Crippen LogP contribution in [0, 0.1) is 33.6 Å². The lowest BCUT2D eigenvalue weighted by molar-refractivity contribution is -0.144. The number of carbonyl (C=O) groups is 5. The maximum atomic E-state index is 10.8. The molecule has 13 nitrogen and oxygen atoms in total. The number of primary amides is 1. The van der Waals surface area contributed by atoms with Crippen LogP contribution in [-0.4, -0.2) is 58.9 Å². The molecule has 0 saturated heterocycles. The Morgan fingerprint density at radius 1 is 0.838 bits per heavy atom. The molecule has 37 heavy (non-hydrogen) atoms. The molecule has 0 atom stereocenters. The summed E-state index contributed by atoms with van der Waals surface area (Å²) in [7, 11) is 2.63. The number of hydrogen-bond acceptors (Lipinski definition) is 11. The minimum atomic E-state index is -0.888. The van der Waals surface area contributed by atoms with Gasteiger partial charge in [-0.1, -0.05) is 13.8 Å². The number of carboxylic acids is 1. The summed E-state index contributed by atoms with van der Waals surface area (Å²) in [5.74, 6) is 0.213. The zero-order chi connectivity index (χ0) is 29.3. The second kappa shape index (κ2) is 18.3. The Morgan fingerprint density at radius 2 is 1.22 bits per heavy atom. The molecular formula is C24H37N3O10. The number of ketones is 1. The standard InChI is InChI=1S/C8H11NO3.C7H9NO3.C7H12O3.C2H5NO/c1-5-7(4-8(10)11-3)9-6(2)12-5;1-4-6(3-7(9)10)8-5(2)11-4;1-5(2)6(8)4-7(9)10-3;1-2(3)4/h4H2,1-3H3;3H2,1-2H3,(H,9,10);5H,4H2,1-3H3;1H3,(H2,3,4). The minimum Gasteiger partial charge on any atom is -0.481 e. The molecule has 208 valence electrons. The van der Waals surface area contributed by atoms with E-state index in [1.807, 2.05) is 0 Å². The predicted octanol–water partition coefficient (Wildman–Crippen LogP) is 2.19. The van der Waals surface area contributed by atoms with Gasteiger partial charge in [0.15, 0.2) is 11.8 Å². The summed E-state index contributed by atoms with van der Waals surface area (Å²) in [6, 6.07) is 0. The lowest BCUT2D eigenvalue weighted by Crippen LogP contribution is -2.13. The van der Waals surface area contributed by atoms with Crippen molar-refractivity contribution in [3.05, 3.63) is 34.7 Å². The van der Waals surface area contributed by atoms with E-state index in [4.69, 9.17) is 13.9 Å². The van der Waals surface area contributed by atoms with Gasteiger partial charge in [0.2, 0.25) is 5.91 Å². The Hall–Kier alpha value is -4.03. The van der Waals surface area contributed by atoms with Crippen LogP contribution >= 0.6 is 0 Å². The molecule has 0 bridgehead atoms. The van der Waals surface area contributed by atoms with E-state index in [2.05, 4.69) is 25.2 Å². The summed E-state index contributed by atoms with van der Waals surface area (Å²) in [4.78, 5) is 59.5. The lowest BCUT2D eigenvalue weighted by Gasteiger charge is -2.00. The van der Waals surface area contributed by atoms with E-state index in [9.17, 15) is 24.0 Å². The molecule has 0 aliphatic rings. The molecule has 0 aliphatic heterocycles. The zero-order valence-corrected chi connectivity index (χ0v) is 22.8. The van der Waals surface area contributed by atoms with Crippen molar-refractivity contribution in [3.8, 4) is 0 Å². The number of carbonyl (C=O) groups excluding carboxylic acids is 4. The van der Waals surface area contributed by atoms with Crippen LogP contribution in [0.3, 0.4) is 0 Å². The fraction of sp³-hybridized carbons (Fsp3) is 0.542. The molecule has 2 heterocycles. The number of aromatic nitrogens is 2. The Kier molecular flexibility index (Phi) is 17.3.